The van der Waals surface area contributed by atoms with Crippen molar-refractivity contribution in [2.24, 2.45) is 0 Å². The van der Waals surface area contributed by atoms with Crippen molar-refractivity contribution in [1.82, 2.24) is 14.7 Å². The molecule has 2 fully saturated rings. The van der Waals surface area contributed by atoms with Gasteiger partial charge >= 0.3 is 0 Å². The van der Waals surface area contributed by atoms with Crippen LogP contribution in [0.3, 0.4) is 0 Å². The molecular weight excluding hydrogens is 438 g/mol. The first-order chi connectivity index (χ1) is 15.6. The Balaban J connectivity index is 1.51. The number of carbonyl (C=O) groups excluding carboxylic acids is 1. The molecule has 32 heavy (non-hydrogen) atoms. The summed E-state index contributed by atoms with van der Waals surface area (Å²) in [6.45, 7) is 3.34. The fourth-order valence-corrected chi connectivity index (χ4v) is 5.20. The number of benzene rings is 2. The first-order valence-corrected chi connectivity index (χ1v) is 11.9. The summed E-state index contributed by atoms with van der Waals surface area (Å²) in [6, 6.07) is 18.2. The van der Waals surface area contributed by atoms with E-state index in [1.54, 1.807) is 4.90 Å². The summed E-state index contributed by atoms with van der Waals surface area (Å²) in [6.07, 6.45) is 5.96. The first kappa shape index (κ1) is 21.1. The van der Waals surface area contributed by atoms with E-state index in [1.807, 2.05) is 47.3 Å². The highest BCUT2D eigenvalue weighted by Gasteiger charge is 2.35. The van der Waals surface area contributed by atoms with Gasteiger partial charge in [0.25, 0.3) is 5.91 Å². The van der Waals surface area contributed by atoms with E-state index in [0.717, 1.165) is 42.0 Å². The molecule has 0 bridgehead atoms. The molecule has 3 aromatic rings. The third-order valence-corrected chi connectivity index (χ3v) is 7.04. The monoisotopic (exact) mass is 461 g/mol. The molecule has 1 aromatic heterocycles. The second-order valence-electron chi connectivity index (χ2n) is 8.01. The highest BCUT2D eigenvalue weighted by molar-refractivity contribution is 8.26. The smallest absolute Gasteiger partial charge is 0.266 e. The lowest BCUT2D eigenvalue weighted by atomic mass is 10.1. The van der Waals surface area contributed by atoms with Crippen molar-refractivity contribution in [3.8, 4) is 16.9 Å². The quantitative estimate of drug-likeness (QED) is 0.385. The Bertz CT molecular complexity index is 1180. The Kier molecular flexibility index (Phi) is 5.95. The van der Waals surface area contributed by atoms with Gasteiger partial charge in [-0.15, -0.1) is 0 Å². The van der Waals surface area contributed by atoms with E-state index in [9.17, 15) is 4.79 Å². The highest BCUT2D eigenvalue weighted by Crippen LogP contribution is 2.35. The number of rotatable bonds is 5. The highest BCUT2D eigenvalue weighted by atomic mass is 32.2. The van der Waals surface area contributed by atoms with Gasteiger partial charge in [0, 0.05) is 23.9 Å². The number of ether oxygens (including phenoxy) is 1. The van der Waals surface area contributed by atoms with Gasteiger partial charge in [0.05, 0.1) is 28.9 Å². The maximum Gasteiger partial charge on any atom is 0.266 e. The SMILES string of the molecule is Cc1ccc(-c2nn(-c3ccccc3)cc2/C=C2\SC(=S)N(CC3CCCO3)C2=O)cc1. The third-order valence-electron chi connectivity index (χ3n) is 5.66. The van der Waals surface area contributed by atoms with Crippen LogP contribution in [-0.2, 0) is 9.53 Å². The summed E-state index contributed by atoms with van der Waals surface area (Å²) < 4.78 is 8.15. The molecule has 1 atom stereocenters. The van der Waals surface area contributed by atoms with Gasteiger partial charge in [0.15, 0.2) is 0 Å². The van der Waals surface area contributed by atoms with Gasteiger partial charge in [-0.3, -0.25) is 9.69 Å². The molecule has 0 saturated carbocycles. The fraction of sp³-hybridized carbons (Fsp3) is 0.240. The largest absolute Gasteiger partial charge is 0.376 e. The predicted octanol–water partition coefficient (Wildman–Crippen LogP) is 5.23. The Morgan fingerprint density at radius 1 is 1.19 bits per heavy atom. The maximum atomic E-state index is 13.1. The summed E-state index contributed by atoms with van der Waals surface area (Å²) >= 11 is 6.87. The molecule has 2 aliphatic heterocycles. The number of hydrogen-bond donors (Lipinski definition) is 0. The third kappa shape index (κ3) is 4.28. The van der Waals surface area contributed by atoms with Gasteiger partial charge in [-0.1, -0.05) is 72.0 Å². The average molecular weight is 462 g/mol. The molecule has 5 rings (SSSR count). The van der Waals surface area contributed by atoms with Crippen molar-refractivity contribution in [3.63, 3.8) is 0 Å². The molecule has 1 amide bonds. The number of nitrogens with zero attached hydrogens (tertiary/aromatic N) is 3. The summed E-state index contributed by atoms with van der Waals surface area (Å²) in [4.78, 5) is 15.4. The standard InChI is InChI=1S/C25H23N3O2S2/c1-17-9-11-18(12-10-17)23-19(15-28(26-23)20-6-3-2-4-7-20)14-22-24(29)27(25(31)32-22)16-21-8-5-13-30-21/h2-4,6-7,9-12,14-15,21H,5,8,13,16H2,1H3/b22-14-. The van der Waals surface area contributed by atoms with Crippen molar-refractivity contribution in [2.45, 2.75) is 25.9 Å². The van der Waals surface area contributed by atoms with Crippen molar-refractivity contribution < 1.29 is 9.53 Å². The van der Waals surface area contributed by atoms with Gasteiger partial charge in [0.2, 0.25) is 0 Å². The van der Waals surface area contributed by atoms with Crippen LogP contribution in [0, 0.1) is 6.92 Å². The summed E-state index contributed by atoms with van der Waals surface area (Å²) in [5.74, 6) is -0.0576. The number of carbonyl (C=O) groups is 1. The van der Waals surface area contributed by atoms with Gasteiger partial charge in [-0.25, -0.2) is 4.68 Å². The molecule has 2 saturated heterocycles. The minimum Gasteiger partial charge on any atom is -0.376 e. The first-order valence-electron chi connectivity index (χ1n) is 10.7. The molecule has 2 aliphatic rings. The van der Waals surface area contributed by atoms with Crippen LogP contribution >= 0.6 is 24.0 Å². The van der Waals surface area contributed by atoms with Crippen molar-refractivity contribution >= 4 is 40.3 Å². The molecule has 0 N–H and O–H groups in total. The van der Waals surface area contributed by atoms with E-state index >= 15 is 0 Å². The molecule has 1 unspecified atom stereocenters. The number of hydrogen-bond acceptors (Lipinski definition) is 5. The second-order valence-corrected chi connectivity index (χ2v) is 9.68. The molecule has 162 valence electrons. The molecule has 0 aliphatic carbocycles. The maximum absolute atomic E-state index is 13.1. The van der Waals surface area contributed by atoms with E-state index in [2.05, 4.69) is 31.2 Å². The van der Waals surface area contributed by atoms with Gasteiger partial charge < -0.3 is 4.74 Å². The van der Waals surface area contributed by atoms with E-state index in [0.29, 0.717) is 15.8 Å². The molecular formula is C25H23N3O2S2. The summed E-state index contributed by atoms with van der Waals surface area (Å²) in [5, 5.41) is 4.85. The van der Waals surface area contributed by atoms with Crippen molar-refractivity contribution in [1.29, 1.82) is 0 Å². The number of aryl methyl sites for hydroxylation is 1. The van der Waals surface area contributed by atoms with Crippen LogP contribution in [0.4, 0.5) is 0 Å². The van der Waals surface area contributed by atoms with Crippen LogP contribution in [0.5, 0.6) is 0 Å². The zero-order valence-electron chi connectivity index (χ0n) is 17.7. The summed E-state index contributed by atoms with van der Waals surface area (Å²) in [5.41, 5.74) is 4.87. The van der Waals surface area contributed by atoms with E-state index in [4.69, 9.17) is 22.1 Å². The minimum absolute atomic E-state index is 0.0576. The average Bonchev–Trinajstić information content (AvgIpc) is 3.53. The normalized spacial score (nSPS) is 20.0. The molecule has 5 nitrogen and oxygen atoms in total. The lowest BCUT2D eigenvalue weighted by Gasteiger charge is -2.18. The Morgan fingerprint density at radius 3 is 2.69 bits per heavy atom. The fourth-order valence-electron chi connectivity index (χ4n) is 3.93. The van der Waals surface area contributed by atoms with Crippen LogP contribution in [0.1, 0.15) is 24.0 Å². The Hall–Kier alpha value is -2.74. The van der Waals surface area contributed by atoms with Crippen LogP contribution in [0.2, 0.25) is 0 Å². The van der Waals surface area contributed by atoms with Gasteiger partial charge in [-0.2, -0.15) is 5.10 Å². The predicted molar refractivity (Wildman–Crippen MR) is 133 cm³/mol. The number of amides is 1. The van der Waals surface area contributed by atoms with Gasteiger partial charge in [-0.05, 0) is 38.0 Å². The number of thiocarbonyl (C=S) groups is 1. The van der Waals surface area contributed by atoms with Crippen LogP contribution in [0.15, 0.2) is 65.7 Å². The molecule has 2 aromatic carbocycles. The lowest BCUT2D eigenvalue weighted by Crippen LogP contribution is -2.35. The van der Waals surface area contributed by atoms with E-state index < -0.39 is 0 Å². The van der Waals surface area contributed by atoms with Crippen molar-refractivity contribution in [3.05, 3.63) is 76.8 Å². The van der Waals surface area contributed by atoms with Crippen LogP contribution < -0.4 is 0 Å². The lowest BCUT2D eigenvalue weighted by molar-refractivity contribution is -0.123. The number of aromatic nitrogens is 2. The second kappa shape index (κ2) is 9.02. The van der Waals surface area contributed by atoms with Gasteiger partial charge in [0.1, 0.15) is 4.32 Å². The molecule has 7 heteroatoms. The Morgan fingerprint density at radius 2 is 1.97 bits per heavy atom. The zero-order valence-corrected chi connectivity index (χ0v) is 19.4. The minimum atomic E-state index is -0.0576. The number of para-hydroxylation sites is 1. The molecule has 0 spiro atoms. The zero-order chi connectivity index (χ0) is 22.1. The van der Waals surface area contributed by atoms with E-state index in [1.165, 1.54) is 17.3 Å². The van der Waals surface area contributed by atoms with Crippen LogP contribution in [0.25, 0.3) is 23.0 Å². The molecule has 3 heterocycles. The number of thioether (sulfide) groups is 1. The summed E-state index contributed by atoms with van der Waals surface area (Å²) in [7, 11) is 0. The Labute approximate surface area is 197 Å². The van der Waals surface area contributed by atoms with Crippen LogP contribution in [-0.4, -0.2) is 44.2 Å². The topological polar surface area (TPSA) is 47.4 Å². The van der Waals surface area contributed by atoms with Crippen molar-refractivity contribution in [2.75, 3.05) is 13.2 Å². The molecule has 0 radical (unpaired) electrons. The van der Waals surface area contributed by atoms with E-state index in [-0.39, 0.29) is 12.0 Å².